The van der Waals surface area contributed by atoms with Crippen molar-refractivity contribution in [3.63, 3.8) is 0 Å². The molecule has 0 bridgehead atoms. The van der Waals surface area contributed by atoms with Crippen molar-refractivity contribution in [2.45, 2.75) is 13.0 Å². The van der Waals surface area contributed by atoms with E-state index in [0.29, 0.717) is 30.8 Å². The Kier molecular flexibility index (Phi) is 5.30. The lowest BCUT2D eigenvalue weighted by molar-refractivity contribution is -0.136. The SMILES string of the molecule is C[C@H](NC(=O)c1ccc(Br)cc1F)C(=O)N1CCOCC1. The summed E-state index contributed by atoms with van der Waals surface area (Å²) in [5.74, 6) is -1.42. The molecular formula is C14H16BrFN2O3. The van der Waals surface area contributed by atoms with Crippen molar-refractivity contribution in [1.29, 1.82) is 0 Å². The molecule has 1 aliphatic heterocycles. The number of ether oxygens (including phenoxy) is 1. The lowest BCUT2D eigenvalue weighted by Crippen LogP contribution is -2.50. The molecule has 1 aromatic carbocycles. The van der Waals surface area contributed by atoms with Crippen LogP contribution in [0, 0.1) is 5.82 Å². The molecule has 2 rings (SSSR count). The Bertz CT molecular complexity index is 547. The van der Waals surface area contributed by atoms with Crippen LogP contribution >= 0.6 is 15.9 Å². The number of morpholine rings is 1. The van der Waals surface area contributed by atoms with Gasteiger partial charge in [-0.3, -0.25) is 9.59 Å². The summed E-state index contributed by atoms with van der Waals surface area (Å²) >= 11 is 3.13. The van der Waals surface area contributed by atoms with Gasteiger partial charge in [0.25, 0.3) is 5.91 Å². The lowest BCUT2D eigenvalue weighted by Gasteiger charge is -2.29. The molecule has 5 nitrogen and oxygen atoms in total. The van der Waals surface area contributed by atoms with E-state index in [4.69, 9.17) is 4.74 Å². The first kappa shape index (κ1) is 15.9. The number of carbonyl (C=O) groups is 2. The van der Waals surface area contributed by atoms with E-state index in [0.717, 1.165) is 0 Å². The number of nitrogens with zero attached hydrogens (tertiary/aromatic N) is 1. The van der Waals surface area contributed by atoms with Gasteiger partial charge in [0.05, 0.1) is 18.8 Å². The third-order valence-electron chi connectivity index (χ3n) is 3.22. The summed E-state index contributed by atoms with van der Waals surface area (Å²) in [6.07, 6.45) is 0. The summed E-state index contributed by atoms with van der Waals surface area (Å²) in [6.45, 7) is 3.59. The van der Waals surface area contributed by atoms with E-state index in [1.165, 1.54) is 12.1 Å². The van der Waals surface area contributed by atoms with E-state index in [-0.39, 0.29) is 11.5 Å². The quantitative estimate of drug-likeness (QED) is 0.891. The van der Waals surface area contributed by atoms with Gasteiger partial charge in [0.15, 0.2) is 0 Å². The molecule has 1 aliphatic rings. The monoisotopic (exact) mass is 358 g/mol. The highest BCUT2D eigenvalue weighted by Gasteiger charge is 2.24. The predicted molar refractivity (Wildman–Crippen MR) is 78.4 cm³/mol. The van der Waals surface area contributed by atoms with Gasteiger partial charge >= 0.3 is 0 Å². The van der Waals surface area contributed by atoms with Crippen LogP contribution in [0.5, 0.6) is 0 Å². The Labute approximate surface area is 130 Å². The number of nitrogens with one attached hydrogen (secondary N) is 1. The van der Waals surface area contributed by atoms with Crippen molar-refractivity contribution in [2.75, 3.05) is 26.3 Å². The van der Waals surface area contributed by atoms with Crippen LogP contribution in [0.1, 0.15) is 17.3 Å². The van der Waals surface area contributed by atoms with Crippen LogP contribution in [-0.4, -0.2) is 49.1 Å². The highest BCUT2D eigenvalue weighted by Crippen LogP contribution is 2.15. The zero-order chi connectivity index (χ0) is 15.4. The molecule has 1 N–H and O–H groups in total. The summed E-state index contributed by atoms with van der Waals surface area (Å²) in [7, 11) is 0. The third-order valence-corrected chi connectivity index (χ3v) is 3.71. The second kappa shape index (κ2) is 7.00. The molecule has 0 saturated carbocycles. The fourth-order valence-electron chi connectivity index (χ4n) is 2.07. The molecule has 1 atom stereocenters. The van der Waals surface area contributed by atoms with Crippen molar-refractivity contribution in [3.8, 4) is 0 Å². The van der Waals surface area contributed by atoms with E-state index in [9.17, 15) is 14.0 Å². The molecule has 0 aliphatic carbocycles. The molecule has 21 heavy (non-hydrogen) atoms. The molecule has 1 aromatic rings. The minimum absolute atomic E-state index is 0.0835. The Morgan fingerprint density at radius 1 is 1.38 bits per heavy atom. The van der Waals surface area contributed by atoms with Gasteiger partial charge in [0, 0.05) is 17.6 Å². The van der Waals surface area contributed by atoms with Gasteiger partial charge in [-0.25, -0.2) is 4.39 Å². The van der Waals surface area contributed by atoms with Crippen LogP contribution < -0.4 is 5.32 Å². The second-order valence-corrected chi connectivity index (χ2v) is 5.67. The summed E-state index contributed by atoms with van der Waals surface area (Å²) in [6, 6.07) is 3.45. The molecule has 1 heterocycles. The molecule has 0 radical (unpaired) electrons. The number of hydrogen-bond acceptors (Lipinski definition) is 3. The summed E-state index contributed by atoms with van der Waals surface area (Å²) < 4.78 is 19.4. The van der Waals surface area contributed by atoms with Crippen molar-refractivity contribution in [2.24, 2.45) is 0 Å². The Hall–Kier alpha value is -1.47. The fourth-order valence-corrected chi connectivity index (χ4v) is 2.40. The van der Waals surface area contributed by atoms with Crippen molar-refractivity contribution in [1.82, 2.24) is 10.2 Å². The minimum Gasteiger partial charge on any atom is -0.378 e. The fraction of sp³-hybridized carbons (Fsp3) is 0.429. The van der Waals surface area contributed by atoms with Crippen LogP contribution in [0.25, 0.3) is 0 Å². The van der Waals surface area contributed by atoms with Crippen LogP contribution in [0.2, 0.25) is 0 Å². The topological polar surface area (TPSA) is 58.6 Å². The molecule has 1 saturated heterocycles. The third kappa shape index (κ3) is 4.01. The maximum Gasteiger partial charge on any atom is 0.254 e. The van der Waals surface area contributed by atoms with Crippen LogP contribution in [0.4, 0.5) is 4.39 Å². The lowest BCUT2D eigenvalue weighted by atomic mass is 10.1. The van der Waals surface area contributed by atoms with E-state index >= 15 is 0 Å². The van der Waals surface area contributed by atoms with Gasteiger partial charge in [-0.15, -0.1) is 0 Å². The van der Waals surface area contributed by atoms with E-state index < -0.39 is 17.8 Å². The number of halogens is 2. The first-order chi connectivity index (χ1) is 9.99. The van der Waals surface area contributed by atoms with Crippen molar-refractivity contribution >= 4 is 27.7 Å². The van der Waals surface area contributed by atoms with Crippen LogP contribution in [0.15, 0.2) is 22.7 Å². The molecule has 0 aromatic heterocycles. The number of hydrogen-bond donors (Lipinski definition) is 1. The van der Waals surface area contributed by atoms with Gasteiger partial charge in [-0.1, -0.05) is 15.9 Å². The van der Waals surface area contributed by atoms with E-state index in [2.05, 4.69) is 21.2 Å². The molecule has 2 amide bonds. The first-order valence-electron chi connectivity index (χ1n) is 6.61. The molecule has 0 unspecified atom stereocenters. The number of amides is 2. The van der Waals surface area contributed by atoms with E-state index in [1.54, 1.807) is 17.9 Å². The number of benzene rings is 1. The predicted octanol–water partition coefficient (Wildman–Crippen LogP) is 1.57. The second-order valence-electron chi connectivity index (χ2n) is 4.76. The van der Waals surface area contributed by atoms with E-state index in [1.807, 2.05) is 0 Å². The molecule has 1 fully saturated rings. The molecule has 0 spiro atoms. The summed E-state index contributed by atoms with van der Waals surface area (Å²) in [5, 5.41) is 2.53. The zero-order valence-electron chi connectivity index (χ0n) is 11.6. The largest absolute Gasteiger partial charge is 0.378 e. The van der Waals surface area contributed by atoms with Gasteiger partial charge < -0.3 is 15.0 Å². The maximum absolute atomic E-state index is 13.7. The zero-order valence-corrected chi connectivity index (χ0v) is 13.2. The Morgan fingerprint density at radius 3 is 2.67 bits per heavy atom. The highest BCUT2D eigenvalue weighted by molar-refractivity contribution is 9.10. The number of carbonyl (C=O) groups excluding carboxylic acids is 2. The standard InChI is InChI=1S/C14H16BrFN2O3/c1-9(14(20)18-4-6-21-7-5-18)17-13(19)11-3-2-10(15)8-12(11)16/h2-3,8-9H,4-7H2,1H3,(H,17,19)/t9-/m0/s1. The average Bonchev–Trinajstić information content (AvgIpc) is 2.47. The normalized spacial score (nSPS) is 16.4. The first-order valence-corrected chi connectivity index (χ1v) is 7.41. The minimum atomic E-state index is -0.710. The molecular weight excluding hydrogens is 343 g/mol. The maximum atomic E-state index is 13.7. The van der Waals surface area contributed by atoms with Gasteiger partial charge in [-0.05, 0) is 25.1 Å². The van der Waals surface area contributed by atoms with Crippen molar-refractivity contribution in [3.05, 3.63) is 34.1 Å². The smallest absolute Gasteiger partial charge is 0.254 e. The van der Waals surface area contributed by atoms with Gasteiger partial charge in [0.2, 0.25) is 5.91 Å². The Morgan fingerprint density at radius 2 is 2.05 bits per heavy atom. The van der Waals surface area contributed by atoms with Gasteiger partial charge in [0.1, 0.15) is 11.9 Å². The number of rotatable bonds is 3. The average molecular weight is 359 g/mol. The van der Waals surface area contributed by atoms with Crippen molar-refractivity contribution < 1.29 is 18.7 Å². The Balaban J connectivity index is 1.99. The molecule has 114 valence electrons. The van der Waals surface area contributed by atoms with Crippen LogP contribution in [0.3, 0.4) is 0 Å². The molecule has 7 heteroatoms. The van der Waals surface area contributed by atoms with Gasteiger partial charge in [-0.2, -0.15) is 0 Å². The summed E-state index contributed by atoms with van der Waals surface area (Å²) in [5.41, 5.74) is -0.0835. The van der Waals surface area contributed by atoms with Crippen LogP contribution in [-0.2, 0) is 9.53 Å². The summed E-state index contributed by atoms with van der Waals surface area (Å²) in [4.78, 5) is 25.8. The highest BCUT2D eigenvalue weighted by atomic mass is 79.9.